The summed E-state index contributed by atoms with van der Waals surface area (Å²) in [7, 11) is 0.217. The van der Waals surface area contributed by atoms with Crippen LogP contribution in [0, 0.1) is 5.82 Å². The molecule has 31 heavy (non-hydrogen) atoms. The SMILES string of the molecule is CN1CCCCN=[S-](=O)C[C@@](C)(c2nc(Br)ccc2F)N=C1NC(=O)c1ccccc1. The average Bonchev–Trinajstić information content (AvgIpc) is 2.76. The van der Waals surface area contributed by atoms with Gasteiger partial charge in [0, 0.05) is 25.7 Å². The Morgan fingerprint density at radius 2 is 1.97 bits per heavy atom. The Morgan fingerprint density at radius 1 is 1.23 bits per heavy atom. The lowest BCUT2D eigenvalue weighted by molar-refractivity contribution is 0.0972. The smallest absolute Gasteiger partial charge is 0.257 e. The highest BCUT2D eigenvalue weighted by molar-refractivity contribution is 9.10. The van der Waals surface area contributed by atoms with Crippen LogP contribution < -0.4 is 5.32 Å². The third-order valence-corrected chi connectivity index (χ3v) is 6.56. The number of halogens is 2. The van der Waals surface area contributed by atoms with Crippen LogP contribution in [0.3, 0.4) is 0 Å². The van der Waals surface area contributed by atoms with E-state index in [2.05, 4.69) is 30.6 Å². The molecule has 1 atom stereocenters. The lowest BCUT2D eigenvalue weighted by Gasteiger charge is -2.31. The van der Waals surface area contributed by atoms with E-state index in [1.807, 2.05) is 11.0 Å². The van der Waals surface area contributed by atoms with Gasteiger partial charge in [-0.05, 0) is 60.0 Å². The number of benzene rings is 1. The summed E-state index contributed by atoms with van der Waals surface area (Å²) in [5.74, 6) is -0.711. The minimum atomic E-state index is -1.59. The standard InChI is InChI=1S/C21H24BrFN5O2S/c1-21(18-16(23)10-11-17(22)25-18)14-31(30)24-12-6-7-13-28(2)20(27-21)26-19(29)15-8-4-3-5-9-15/h3-5,8-11H,6-7,12-14H2,1-2H3,(H,26,27,29)/q-1/t21-/m0/s1. The third kappa shape index (κ3) is 6.10. The zero-order valence-electron chi connectivity index (χ0n) is 17.3. The predicted molar refractivity (Wildman–Crippen MR) is 123 cm³/mol. The molecule has 0 saturated heterocycles. The predicted octanol–water partition coefficient (Wildman–Crippen LogP) is 3.86. The van der Waals surface area contributed by atoms with Gasteiger partial charge in [0.2, 0.25) is 5.96 Å². The van der Waals surface area contributed by atoms with Gasteiger partial charge in [-0.2, -0.15) is 10.6 Å². The van der Waals surface area contributed by atoms with Crippen molar-refractivity contribution in [2.75, 3.05) is 25.9 Å². The van der Waals surface area contributed by atoms with E-state index in [-0.39, 0.29) is 23.3 Å². The van der Waals surface area contributed by atoms with Crippen molar-refractivity contribution in [1.82, 2.24) is 15.2 Å². The number of amides is 1. The van der Waals surface area contributed by atoms with Gasteiger partial charge in [-0.1, -0.05) is 24.0 Å². The fraction of sp³-hybridized carbons (Fsp3) is 0.381. The molecule has 10 heteroatoms. The van der Waals surface area contributed by atoms with Crippen LogP contribution in [0.25, 0.3) is 0 Å². The highest BCUT2D eigenvalue weighted by Crippen LogP contribution is 2.29. The van der Waals surface area contributed by atoms with Crippen molar-refractivity contribution in [3.63, 3.8) is 0 Å². The number of aliphatic imine (C=N–C) groups is 1. The van der Waals surface area contributed by atoms with Gasteiger partial charge in [0.25, 0.3) is 5.91 Å². The van der Waals surface area contributed by atoms with Gasteiger partial charge in [0.1, 0.15) is 16.1 Å². The third-order valence-electron chi connectivity index (χ3n) is 4.84. The maximum Gasteiger partial charge on any atom is 0.257 e. The zero-order valence-corrected chi connectivity index (χ0v) is 19.7. The molecule has 1 N–H and O–H groups in total. The summed E-state index contributed by atoms with van der Waals surface area (Å²) in [5, 5.41) is 2.84. The number of carbonyl (C=O) groups excluding carboxylic acids is 1. The summed E-state index contributed by atoms with van der Waals surface area (Å²) in [6, 6.07) is 11.5. The fourth-order valence-corrected chi connectivity index (χ4v) is 4.59. The van der Waals surface area contributed by atoms with Crippen molar-refractivity contribution >= 4 is 38.4 Å². The molecular weight excluding hydrogens is 485 g/mol. The number of carbonyl (C=O) groups is 1. The van der Waals surface area contributed by atoms with Crippen LogP contribution in [0.2, 0.25) is 0 Å². The van der Waals surface area contributed by atoms with Gasteiger partial charge in [-0.3, -0.25) is 10.1 Å². The number of rotatable bonds is 2. The van der Waals surface area contributed by atoms with Crippen molar-refractivity contribution in [2.24, 2.45) is 9.36 Å². The molecule has 2 aromatic rings. The van der Waals surface area contributed by atoms with Gasteiger partial charge in [-0.15, -0.1) is 0 Å². The largest absolute Gasteiger partial charge is 0.444 e. The van der Waals surface area contributed by atoms with Crippen molar-refractivity contribution in [1.29, 1.82) is 0 Å². The molecule has 0 saturated carbocycles. The second-order valence-electron chi connectivity index (χ2n) is 7.44. The fourth-order valence-electron chi connectivity index (χ4n) is 3.17. The second-order valence-corrected chi connectivity index (χ2v) is 9.44. The summed E-state index contributed by atoms with van der Waals surface area (Å²) >= 11 is 3.27. The molecule has 2 heterocycles. The van der Waals surface area contributed by atoms with E-state index >= 15 is 0 Å². The molecule has 0 unspecified atom stereocenters. The summed E-state index contributed by atoms with van der Waals surface area (Å²) in [6.45, 7) is 2.69. The van der Waals surface area contributed by atoms with E-state index in [1.54, 1.807) is 38.2 Å². The number of nitrogens with one attached hydrogen (secondary N) is 1. The molecule has 1 aliphatic rings. The molecule has 0 radical (unpaired) electrons. The molecule has 0 spiro atoms. The zero-order chi connectivity index (χ0) is 22.4. The van der Waals surface area contributed by atoms with Crippen LogP contribution in [-0.2, 0) is 20.3 Å². The summed E-state index contributed by atoms with van der Waals surface area (Å²) in [4.78, 5) is 23.6. The van der Waals surface area contributed by atoms with Crippen LogP contribution >= 0.6 is 15.9 Å². The number of nitrogens with zero attached hydrogens (tertiary/aromatic N) is 4. The summed E-state index contributed by atoms with van der Waals surface area (Å²) in [5.41, 5.74) is -0.815. The Morgan fingerprint density at radius 3 is 2.71 bits per heavy atom. The lowest BCUT2D eigenvalue weighted by atomic mass is 10.00. The summed E-state index contributed by atoms with van der Waals surface area (Å²) < 4.78 is 32.1. The van der Waals surface area contributed by atoms with E-state index in [1.165, 1.54) is 12.1 Å². The minimum absolute atomic E-state index is 0.0320. The van der Waals surface area contributed by atoms with Crippen molar-refractivity contribution in [3.05, 3.63) is 64.1 Å². The number of hydrogen-bond donors (Lipinski definition) is 1. The first kappa shape index (κ1) is 23.3. The molecule has 0 bridgehead atoms. The van der Waals surface area contributed by atoms with Gasteiger partial charge < -0.3 is 13.5 Å². The van der Waals surface area contributed by atoms with Crippen LogP contribution in [0.5, 0.6) is 0 Å². The first-order valence-electron chi connectivity index (χ1n) is 9.84. The Hall–Kier alpha value is -2.33. The molecule has 3 rings (SSSR count). The molecule has 1 amide bonds. The van der Waals surface area contributed by atoms with Crippen LogP contribution in [-0.4, -0.2) is 47.6 Å². The maximum absolute atomic E-state index is 14.8. The monoisotopic (exact) mass is 508 g/mol. The summed E-state index contributed by atoms with van der Waals surface area (Å²) in [6.07, 6.45) is 1.52. The molecule has 7 nitrogen and oxygen atoms in total. The first-order chi connectivity index (χ1) is 14.8. The topological polar surface area (TPSA) is 87.0 Å². The molecular formula is C21H24BrFN5O2S-. The van der Waals surface area contributed by atoms with E-state index < -0.39 is 22.0 Å². The maximum atomic E-state index is 14.8. The van der Waals surface area contributed by atoms with E-state index in [4.69, 9.17) is 4.99 Å². The van der Waals surface area contributed by atoms with Crippen molar-refractivity contribution in [2.45, 2.75) is 25.3 Å². The molecule has 166 valence electrons. The quantitative estimate of drug-likeness (QED) is 0.492. The van der Waals surface area contributed by atoms with Gasteiger partial charge in [-0.25, -0.2) is 14.4 Å². The number of aromatic nitrogens is 1. The van der Waals surface area contributed by atoms with E-state index in [9.17, 15) is 13.4 Å². The Labute approximate surface area is 191 Å². The second kappa shape index (κ2) is 10.3. The lowest BCUT2D eigenvalue weighted by Crippen LogP contribution is -2.45. The number of guanidine groups is 1. The van der Waals surface area contributed by atoms with Crippen LogP contribution in [0.1, 0.15) is 35.8 Å². The van der Waals surface area contributed by atoms with Crippen LogP contribution in [0.15, 0.2) is 56.4 Å². The highest BCUT2D eigenvalue weighted by Gasteiger charge is 2.31. The van der Waals surface area contributed by atoms with Gasteiger partial charge in [0.05, 0.1) is 5.54 Å². The number of hydrogen-bond acceptors (Lipinski definition) is 7. The molecule has 0 fully saturated rings. The van der Waals surface area contributed by atoms with Gasteiger partial charge >= 0.3 is 0 Å². The van der Waals surface area contributed by atoms with E-state index in [0.717, 1.165) is 12.8 Å². The Balaban J connectivity index is 2.10. The number of pyridine rings is 1. The molecule has 0 aliphatic carbocycles. The van der Waals surface area contributed by atoms with Crippen LogP contribution in [0.4, 0.5) is 4.39 Å². The molecule has 1 aromatic heterocycles. The molecule has 1 aromatic carbocycles. The van der Waals surface area contributed by atoms with Crippen molar-refractivity contribution in [3.8, 4) is 0 Å². The minimum Gasteiger partial charge on any atom is -0.444 e. The van der Waals surface area contributed by atoms with Crippen molar-refractivity contribution < 1.29 is 13.4 Å². The molecule has 1 aliphatic heterocycles. The highest BCUT2D eigenvalue weighted by atomic mass is 79.9. The first-order valence-corrected chi connectivity index (χ1v) is 11.9. The van der Waals surface area contributed by atoms with Gasteiger partial charge in [0.15, 0.2) is 0 Å². The Bertz CT molecular complexity index is 1060. The average molecular weight is 509 g/mol. The Kier molecular flexibility index (Phi) is 7.77. The van der Waals surface area contributed by atoms with E-state index in [0.29, 0.717) is 23.3 Å². The normalized spacial score (nSPS) is 20.9.